The van der Waals surface area contributed by atoms with Gasteiger partial charge in [0.25, 0.3) is 5.91 Å². The molecule has 7 nitrogen and oxygen atoms in total. The first-order valence-electron chi connectivity index (χ1n) is 9.92. The van der Waals surface area contributed by atoms with Gasteiger partial charge in [-0.15, -0.1) is 0 Å². The predicted molar refractivity (Wildman–Crippen MR) is 110 cm³/mol. The minimum Gasteiger partial charge on any atom is -0.493 e. The van der Waals surface area contributed by atoms with Crippen molar-refractivity contribution in [3.63, 3.8) is 0 Å². The molecule has 1 aliphatic heterocycles. The molecule has 7 heteroatoms. The third-order valence-electron chi connectivity index (χ3n) is 4.84. The second kappa shape index (κ2) is 10.6. The van der Waals surface area contributed by atoms with Crippen LogP contribution < -0.4 is 9.47 Å². The van der Waals surface area contributed by atoms with Crippen LogP contribution in [0.15, 0.2) is 48.5 Å². The van der Waals surface area contributed by atoms with E-state index < -0.39 is 12.1 Å². The van der Waals surface area contributed by atoms with Gasteiger partial charge in [0, 0.05) is 20.2 Å². The number of benzene rings is 2. The van der Waals surface area contributed by atoms with E-state index in [1.54, 1.807) is 14.2 Å². The standard InChI is InChI=1S/C23H27NO6/c1-24(22(25)16-30-23(26)20-9-6-12-28-20)14-18-10-11-19(21(13-18)27-2)29-15-17-7-4-3-5-8-17/h3-5,7-8,10-11,13,20H,6,9,12,14-16H2,1-2H3/t20-/m0/s1. The van der Waals surface area contributed by atoms with Crippen LogP contribution in [0.1, 0.15) is 24.0 Å². The molecule has 0 N–H and O–H groups in total. The molecule has 2 aromatic carbocycles. The quantitative estimate of drug-likeness (QED) is 0.589. The van der Waals surface area contributed by atoms with Gasteiger partial charge in [-0.05, 0) is 36.1 Å². The Morgan fingerprint density at radius 3 is 2.60 bits per heavy atom. The Kier molecular flexibility index (Phi) is 7.68. The van der Waals surface area contributed by atoms with Crippen molar-refractivity contribution in [2.75, 3.05) is 27.4 Å². The lowest BCUT2D eigenvalue weighted by molar-refractivity contribution is -0.159. The molecule has 1 aliphatic rings. The lowest BCUT2D eigenvalue weighted by atomic mass is 10.2. The van der Waals surface area contributed by atoms with Crippen molar-refractivity contribution in [2.24, 2.45) is 0 Å². The highest BCUT2D eigenvalue weighted by atomic mass is 16.6. The summed E-state index contributed by atoms with van der Waals surface area (Å²) in [6, 6.07) is 15.4. The van der Waals surface area contributed by atoms with Crippen LogP contribution >= 0.6 is 0 Å². The van der Waals surface area contributed by atoms with Gasteiger partial charge in [0.05, 0.1) is 7.11 Å². The molecule has 2 aromatic rings. The van der Waals surface area contributed by atoms with Gasteiger partial charge in [-0.25, -0.2) is 4.79 Å². The lowest BCUT2D eigenvalue weighted by Gasteiger charge is -2.19. The van der Waals surface area contributed by atoms with Gasteiger partial charge < -0.3 is 23.8 Å². The third-order valence-corrected chi connectivity index (χ3v) is 4.84. The number of amides is 1. The molecule has 3 rings (SSSR count). The van der Waals surface area contributed by atoms with Gasteiger partial charge in [0.2, 0.25) is 0 Å². The molecule has 1 atom stereocenters. The van der Waals surface area contributed by atoms with Crippen LogP contribution in [0, 0.1) is 0 Å². The van der Waals surface area contributed by atoms with Crippen molar-refractivity contribution in [1.82, 2.24) is 4.90 Å². The lowest BCUT2D eigenvalue weighted by Crippen LogP contribution is -2.33. The molecule has 0 radical (unpaired) electrons. The first kappa shape index (κ1) is 21.6. The minimum absolute atomic E-state index is 0.287. The maximum absolute atomic E-state index is 12.3. The minimum atomic E-state index is -0.546. The number of ether oxygens (including phenoxy) is 4. The molecular weight excluding hydrogens is 386 g/mol. The molecule has 1 saturated heterocycles. The zero-order chi connectivity index (χ0) is 21.3. The molecular formula is C23H27NO6. The van der Waals surface area contributed by atoms with E-state index in [9.17, 15) is 9.59 Å². The zero-order valence-corrected chi connectivity index (χ0v) is 17.3. The maximum Gasteiger partial charge on any atom is 0.335 e. The number of rotatable bonds is 9. The fourth-order valence-electron chi connectivity index (χ4n) is 3.13. The molecule has 0 saturated carbocycles. The number of esters is 1. The number of likely N-dealkylation sites (N-methyl/N-ethyl adjacent to an activating group) is 1. The Morgan fingerprint density at radius 2 is 1.90 bits per heavy atom. The summed E-state index contributed by atoms with van der Waals surface area (Å²) in [5, 5.41) is 0. The van der Waals surface area contributed by atoms with Crippen LogP contribution in [0.4, 0.5) is 0 Å². The molecule has 0 aliphatic carbocycles. The molecule has 1 amide bonds. The van der Waals surface area contributed by atoms with Crippen LogP contribution in [0.5, 0.6) is 11.5 Å². The largest absolute Gasteiger partial charge is 0.493 e. The summed E-state index contributed by atoms with van der Waals surface area (Å²) in [6.45, 7) is 1.04. The fraction of sp³-hybridized carbons (Fsp3) is 0.391. The monoisotopic (exact) mass is 413 g/mol. The summed E-state index contributed by atoms with van der Waals surface area (Å²) in [7, 11) is 3.24. The summed E-state index contributed by atoms with van der Waals surface area (Å²) < 4.78 is 21.6. The topological polar surface area (TPSA) is 74.3 Å². The number of hydrogen-bond acceptors (Lipinski definition) is 6. The molecule has 1 fully saturated rings. The van der Waals surface area contributed by atoms with E-state index in [-0.39, 0.29) is 12.5 Å². The van der Waals surface area contributed by atoms with E-state index in [1.807, 2.05) is 48.5 Å². The summed E-state index contributed by atoms with van der Waals surface area (Å²) in [6.07, 6.45) is 0.929. The van der Waals surface area contributed by atoms with E-state index >= 15 is 0 Å². The van der Waals surface area contributed by atoms with Gasteiger partial charge in [0.1, 0.15) is 6.61 Å². The van der Waals surface area contributed by atoms with Crippen molar-refractivity contribution in [3.05, 3.63) is 59.7 Å². The van der Waals surface area contributed by atoms with Crippen LogP contribution in [0.3, 0.4) is 0 Å². The zero-order valence-electron chi connectivity index (χ0n) is 17.3. The second-order valence-electron chi connectivity index (χ2n) is 7.12. The van der Waals surface area contributed by atoms with E-state index in [2.05, 4.69) is 0 Å². The molecule has 0 unspecified atom stereocenters. The number of carbonyl (C=O) groups is 2. The van der Waals surface area contributed by atoms with Crippen LogP contribution in [-0.2, 0) is 32.2 Å². The highest BCUT2D eigenvalue weighted by molar-refractivity contribution is 5.82. The van der Waals surface area contributed by atoms with E-state index in [0.29, 0.717) is 37.7 Å². The average Bonchev–Trinajstić information content (AvgIpc) is 3.32. The number of carbonyl (C=O) groups excluding carboxylic acids is 2. The van der Waals surface area contributed by atoms with Crippen molar-refractivity contribution in [1.29, 1.82) is 0 Å². The van der Waals surface area contributed by atoms with Crippen LogP contribution in [0.25, 0.3) is 0 Å². The van der Waals surface area contributed by atoms with Gasteiger partial charge in [-0.2, -0.15) is 0 Å². The Morgan fingerprint density at radius 1 is 1.10 bits per heavy atom. The Labute approximate surface area is 176 Å². The highest BCUT2D eigenvalue weighted by Gasteiger charge is 2.26. The van der Waals surface area contributed by atoms with Gasteiger partial charge >= 0.3 is 5.97 Å². The van der Waals surface area contributed by atoms with E-state index in [1.165, 1.54) is 4.90 Å². The molecule has 30 heavy (non-hydrogen) atoms. The van der Waals surface area contributed by atoms with Crippen molar-refractivity contribution >= 4 is 11.9 Å². The van der Waals surface area contributed by atoms with Gasteiger partial charge in [-0.1, -0.05) is 36.4 Å². The average molecular weight is 413 g/mol. The summed E-state index contributed by atoms with van der Waals surface area (Å²) >= 11 is 0. The normalized spacial score (nSPS) is 15.5. The van der Waals surface area contributed by atoms with E-state index in [0.717, 1.165) is 17.5 Å². The summed E-state index contributed by atoms with van der Waals surface area (Å²) in [5.74, 6) is 0.458. The van der Waals surface area contributed by atoms with Crippen LogP contribution in [0.2, 0.25) is 0 Å². The number of methoxy groups -OCH3 is 1. The Balaban J connectivity index is 1.52. The SMILES string of the molecule is COc1cc(CN(C)C(=O)COC(=O)[C@@H]2CCCO2)ccc1OCc1ccccc1. The first-order valence-corrected chi connectivity index (χ1v) is 9.92. The van der Waals surface area contributed by atoms with Crippen LogP contribution in [-0.4, -0.2) is 50.3 Å². The van der Waals surface area contributed by atoms with Crippen molar-refractivity contribution < 1.29 is 28.5 Å². The Bertz CT molecular complexity index is 848. The number of nitrogens with zero attached hydrogens (tertiary/aromatic N) is 1. The van der Waals surface area contributed by atoms with E-state index in [4.69, 9.17) is 18.9 Å². The van der Waals surface area contributed by atoms with Crippen molar-refractivity contribution in [2.45, 2.75) is 32.1 Å². The summed E-state index contributed by atoms with van der Waals surface area (Å²) in [5.41, 5.74) is 1.94. The summed E-state index contributed by atoms with van der Waals surface area (Å²) in [4.78, 5) is 25.7. The smallest absolute Gasteiger partial charge is 0.335 e. The van der Waals surface area contributed by atoms with Gasteiger partial charge in [-0.3, -0.25) is 4.79 Å². The highest BCUT2D eigenvalue weighted by Crippen LogP contribution is 2.29. The molecule has 160 valence electrons. The maximum atomic E-state index is 12.3. The molecule has 0 bridgehead atoms. The van der Waals surface area contributed by atoms with Gasteiger partial charge in [0.15, 0.2) is 24.2 Å². The Hall–Kier alpha value is -3.06. The first-order chi connectivity index (χ1) is 14.6. The third kappa shape index (κ3) is 5.97. The fourth-order valence-corrected chi connectivity index (χ4v) is 3.13. The predicted octanol–water partition coefficient (Wildman–Crippen LogP) is 2.95. The molecule has 0 spiro atoms. The second-order valence-corrected chi connectivity index (χ2v) is 7.12. The van der Waals surface area contributed by atoms with Crippen molar-refractivity contribution in [3.8, 4) is 11.5 Å². The molecule has 0 aromatic heterocycles. The molecule has 1 heterocycles. The number of hydrogen-bond donors (Lipinski definition) is 0.